The first kappa shape index (κ1) is 26.3. The van der Waals surface area contributed by atoms with Crippen LogP contribution in [0.15, 0.2) is 42.5 Å². The lowest BCUT2D eigenvalue weighted by molar-refractivity contribution is 0.183. The van der Waals surface area contributed by atoms with Gasteiger partial charge in [0.15, 0.2) is 5.82 Å². The fourth-order valence-corrected chi connectivity index (χ4v) is 6.93. The molecule has 0 radical (unpaired) electrons. The average Bonchev–Trinajstić information content (AvgIpc) is 3.62. The number of rotatable bonds is 7. The summed E-state index contributed by atoms with van der Waals surface area (Å²) in [4.78, 5) is 13.6. The van der Waals surface area contributed by atoms with E-state index in [1.165, 1.54) is 12.1 Å². The summed E-state index contributed by atoms with van der Waals surface area (Å²) in [6, 6.07) is 12.0. The molecule has 3 heterocycles. The molecule has 7 nitrogen and oxygen atoms in total. The van der Waals surface area contributed by atoms with Crippen molar-refractivity contribution in [1.82, 2.24) is 20.2 Å². The summed E-state index contributed by atoms with van der Waals surface area (Å²) in [5.74, 6) is -1.09. The lowest BCUT2D eigenvalue weighted by Crippen LogP contribution is -2.58. The third-order valence-electron chi connectivity index (χ3n) is 8.95. The first-order chi connectivity index (χ1) is 19.6. The lowest BCUT2D eigenvalue weighted by atomic mass is 9.95. The number of nitrogens with zero attached hydrogens (tertiary/aromatic N) is 4. The molecule has 0 spiro atoms. The summed E-state index contributed by atoms with van der Waals surface area (Å²) in [7, 11) is 4.08. The molecule has 0 unspecified atom stereocenters. The maximum absolute atomic E-state index is 16.6. The second-order valence-electron chi connectivity index (χ2n) is 12.8. The first-order valence-electron chi connectivity index (χ1n) is 14.3. The molecule has 214 valence electrons. The fourth-order valence-electron chi connectivity index (χ4n) is 6.93. The summed E-state index contributed by atoms with van der Waals surface area (Å²) in [6.07, 6.45) is 4.18. The number of halogens is 2. The Morgan fingerprint density at radius 3 is 2.66 bits per heavy atom. The van der Waals surface area contributed by atoms with Crippen molar-refractivity contribution < 1.29 is 18.6 Å². The number of phenolic OH excluding ortho intramolecular Hbond substituents is 1. The van der Waals surface area contributed by atoms with Gasteiger partial charge in [0.05, 0.1) is 12.2 Å². The number of phenols is 1. The molecule has 2 atom stereocenters. The van der Waals surface area contributed by atoms with Crippen LogP contribution in [0.3, 0.4) is 0 Å². The molecule has 2 saturated heterocycles. The average molecular weight is 560 g/mol. The third-order valence-corrected chi connectivity index (χ3v) is 8.95. The van der Waals surface area contributed by atoms with Crippen molar-refractivity contribution in [2.45, 2.75) is 44.2 Å². The van der Waals surface area contributed by atoms with E-state index < -0.39 is 11.6 Å². The molecule has 3 aromatic carbocycles. The summed E-state index contributed by atoms with van der Waals surface area (Å²) >= 11 is 0. The van der Waals surface area contributed by atoms with Gasteiger partial charge in [-0.1, -0.05) is 24.3 Å². The first-order valence-corrected chi connectivity index (χ1v) is 14.3. The molecular weight excluding hydrogens is 524 g/mol. The van der Waals surface area contributed by atoms with Crippen LogP contribution in [0.1, 0.15) is 32.6 Å². The number of fused-ring (bicyclic) bond motifs is 4. The molecule has 0 amide bonds. The molecular formula is C32H35F2N5O2. The van der Waals surface area contributed by atoms with Gasteiger partial charge < -0.3 is 25.0 Å². The van der Waals surface area contributed by atoms with Crippen LogP contribution in [-0.2, 0) is 0 Å². The molecule has 2 bridgehead atoms. The topological polar surface area (TPSA) is 73.8 Å². The number of benzene rings is 3. The van der Waals surface area contributed by atoms with E-state index in [0.29, 0.717) is 41.7 Å². The van der Waals surface area contributed by atoms with E-state index >= 15 is 8.78 Å². The Kier molecular flexibility index (Phi) is 6.10. The largest absolute Gasteiger partial charge is 0.508 e. The smallest absolute Gasteiger partial charge is 0.319 e. The molecule has 1 saturated carbocycles. The second kappa shape index (κ2) is 9.49. The van der Waals surface area contributed by atoms with Gasteiger partial charge in [0.2, 0.25) is 0 Å². The molecule has 2 N–H and O–H groups in total. The van der Waals surface area contributed by atoms with E-state index in [2.05, 4.69) is 27.0 Å². The van der Waals surface area contributed by atoms with Crippen LogP contribution in [0.25, 0.3) is 32.8 Å². The quantitative estimate of drug-likeness (QED) is 0.310. The van der Waals surface area contributed by atoms with Gasteiger partial charge >= 0.3 is 6.01 Å². The van der Waals surface area contributed by atoms with Crippen molar-refractivity contribution in [2.24, 2.45) is 5.41 Å². The highest BCUT2D eigenvalue weighted by Crippen LogP contribution is 2.46. The van der Waals surface area contributed by atoms with Crippen LogP contribution < -0.4 is 15.0 Å². The van der Waals surface area contributed by atoms with E-state index in [4.69, 9.17) is 9.72 Å². The molecule has 41 heavy (non-hydrogen) atoms. The van der Waals surface area contributed by atoms with Gasteiger partial charge in [-0.2, -0.15) is 9.97 Å². The number of aromatic hydroxyl groups is 1. The van der Waals surface area contributed by atoms with E-state index in [0.717, 1.165) is 32.2 Å². The van der Waals surface area contributed by atoms with Crippen molar-refractivity contribution in [3.63, 3.8) is 0 Å². The van der Waals surface area contributed by atoms with Crippen LogP contribution in [0.4, 0.5) is 14.6 Å². The number of aromatic nitrogens is 2. The normalized spacial score (nSPS) is 23.1. The minimum absolute atomic E-state index is 0.0160. The van der Waals surface area contributed by atoms with Gasteiger partial charge in [0.25, 0.3) is 0 Å². The van der Waals surface area contributed by atoms with E-state index in [1.807, 2.05) is 32.3 Å². The lowest BCUT2D eigenvalue weighted by Gasteiger charge is -2.40. The minimum Gasteiger partial charge on any atom is -0.508 e. The number of ether oxygens (including phenoxy) is 1. The van der Waals surface area contributed by atoms with E-state index in [-0.39, 0.29) is 45.4 Å². The van der Waals surface area contributed by atoms with Crippen molar-refractivity contribution >= 4 is 27.5 Å². The number of anilines is 1. The van der Waals surface area contributed by atoms with Gasteiger partial charge in [-0.3, -0.25) is 0 Å². The predicted molar refractivity (Wildman–Crippen MR) is 157 cm³/mol. The maximum atomic E-state index is 16.6. The minimum atomic E-state index is -0.789. The highest BCUT2D eigenvalue weighted by molar-refractivity contribution is 6.01. The number of piperazine rings is 1. The molecule has 9 heteroatoms. The van der Waals surface area contributed by atoms with Crippen molar-refractivity contribution in [3.8, 4) is 22.9 Å². The molecule has 3 fully saturated rings. The zero-order valence-electron chi connectivity index (χ0n) is 23.7. The summed E-state index contributed by atoms with van der Waals surface area (Å²) < 4.78 is 38.8. The zero-order valence-corrected chi connectivity index (χ0v) is 23.7. The Morgan fingerprint density at radius 1 is 1.10 bits per heavy atom. The van der Waals surface area contributed by atoms with Gasteiger partial charge in [0.1, 0.15) is 22.9 Å². The van der Waals surface area contributed by atoms with Crippen LogP contribution >= 0.6 is 0 Å². The van der Waals surface area contributed by atoms with Crippen LogP contribution in [0.2, 0.25) is 0 Å². The van der Waals surface area contributed by atoms with Crippen molar-refractivity contribution in [3.05, 3.63) is 54.1 Å². The summed E-state index contributed by atoms with van der Waals surface area (Å²) in [6.45, 7) is 4.87. The molecule has 3 aliphatic rings. The van der Waals surface area contributed by atoms with Crippen molar-refractivity contribution in [1.29, 1.82) is 0 Å². The summed E-state index contributed by atoms with van der Waals surface area (Å²) in [5.41, 5.74) is 0.0101. The molecule has 7 rings (SSSR count). The fraction of sp³-hybridized carbons (Fsp3) is 0.438. The van der Waals surface area contributed by atoms with Crippen LogP contribution in [-0.4, -0.2) is 71.9 Å². The highest BCUT2D eigenvalue weighted by Gasteiger charge is 2.45. The van der Waals surface area contributed by atoms with Crippen LogP contribution in [0, 0.1) is 17.0 Å². The highest BCUT2D eigenvalue weighted by atomic mass is 19.1. The Bertz CT molecular complexity index is 1670. The van der Waals surface area contributed by atoms with E-state index in [9.17, 15) is 5.11 Å². The standard InChI is InChI=1S/C32H35F2N5O2/c1-31-9-8-20(37-31)15-39(16-31)29-24-14-25(33)26(23-13-21(40)12-19-6-4-5-7-22(19)23)27(34)28(24)35-30(36-29)41-18-32(10-11-32)17-38(2)3/h4-7,12-14,20,37,40H,8-11,15-18H2,1-3H3/t20-,31+/m1/s1. The third kappa shape index (κ3) is 4.75. The van der Waals surface area contributed by atoms with Gasteiger partial charge in [0, 0.05) is 42.0 Å². The SMILES string of the molecule is CN(C)CC1(COc2nc(N3C[C@H]4CC[C@@](C)(C3)N4)c3cc(F)c(-c4cc(O)cc5ccccc45)c(F)c3n2)CC1. The molecule has 4 aromatic rings. The molecule has 1 aromatic heterocycles. The molecule has 2 aliphatic heterocycles. The maximum Gasteiger partial charge on any atom is 0.319 e. The Morgan fingerprint density at radius 2 is 1.90 bits per heavy atom. The van der Waals surface area contributed by atoms with Crippen LogP contribution in [0.5, 0.6) is 11.8 Å². The van der Waals surface area contributed by atoms with Gasteiger partial charge in [-0.05, 0) is 81.2 Å². The Hall–Kier alpha value is -3.56. The van der Waals surface area contributed by atoms with E-state index in [1.54, 1.807) is 12.1 Å². The number of hydrogen-bond acceptors (Lipinski definition) is 7. The Labute approximate surface area is 238 Å². The van der Waals surface area contributed by atoms with Gasteiger partial charge in [-0.15, -0.1) is 0 Å². The van der Waals surface area contributed by atoms with Gasteiger partial charge in [-0.25, -0.2) is 8.78 Å². The zero-order chi connectivity index (χ0) is 28.5. The summed E-state index contributed by atoms with van der Waals surface area (Å²) in [5, 5.41) is 15.7. The van der Waals surface area contributed by atoms with Crippen molar-refractivity contribution in [2.75, 3.05) is 45.2 Å². The predicted octanol–water partition coefficient (Wildman–Crippen LogP) is 5.49. The molecule has 1 aliphatic carbocycles. The number of nitrogens with one attached hydrogen (secondary N) is 1. The Balaban J connectivity index is 1.38. The monoisotopic (exact) mass is 559 g/mol. The number of hydrogen-bond donors (Lipinski definition) is 2. The second-order valence-corrected chi connectivity index (χ2v) is 12.8.